The minimum Gasteiger partial charge on any atom is -0.349 e. The molecule has 2 atom stereocenters. The molecule has 6 nitrogen and oxygen atoms in total. The highest BCUT2D eigenvalue weighted by Gasteiger charge is 2.22. The molecule has 0 radical (unpaired) electrons. The third kappa shape index (κ3) is 5.13. The number of rotatable bonds is 8. The second kappa shape index (κ2) is 10.4. The van der Waals surface area contributed by atoms with Gasteiger partial charge in [-0.05, 0) is 68.5 Å². The summed E-state index contributed by atoms with van der Waals surface area (Å²) < 4.78 is 15.4. The average Bonchev–Trinajstić information content (AvgIpc) is 3.26. The van der Waals surface area contributed by atoms with E-state index >= 15 is 0 Å². The second-order valence-electron chi connectivity index (χ2n) is 8.44. The van der Waals surface area contributed by atoms with Crippen LogP contribution in [-0.2, 0) is 4.79 Å². The van der Waals surface area contributed by atoms with Gasteiger partial charge in [0, 0.05) is 5.69 Å². The van der Waals surface area contributed by atoms with E-state index in [9.17, 15) is 9.18 Å². The first-order valence-corrected chi connectivity index (χ1v) is 12.1. The van der Waals surface area contributed by atoms with Crippen LogP contribution in [0.5, 0.6) is 0 Å². The summed E-state index contributed by atoms with van der Waals surface area (Å²) in [5, 5.41) is 14.7. The Hall–Kier alpha value is -3.23. The van der Waals surface area contributed by atoms with Crippen molar-refractivity contribution in [3.8, 4) is 5.69 Å². The van der Waals surface area contributed by atoms with E-state index in [1.807, 2.05) is 61.7 Å². The smallest absolute Gasteiger partial charge is 0.230 e. The Kier molecular flexibility index (Phi) is 7.29. The van der Waals surface area contributed by atoms with Gasteiger partial charge in [-0.2, -0.15) is 0 Å². The first-order chi connectivity index (χ1) is 16.3. The van der Waals surface area contributed by atoms with Crippen molar-refractivity contribution >= 4 is 28.4 Å². The third-order valence-corrected chi connectivity index (χ3v) is 6.82. The summed E-state index contributed by atoms with van der Waals surface area (Å²) in [6.07, 6.45) is 0. The van der Waals surface area contributed by atoms with Gasteiger partial charge in [0.15, 0.2) is 11.0 Å². The molecule has 4 rings (SSSR count). The molecule has 4 aromatic rings. The number of fused-ring (bicyclic) bond motifs is 1. The molecule has 0 unspecified atom stereocenters. The van der Waals surface area contributed by atoms with Crippen molar-refractivity contribution in [1.82, 2.24) is 25.0 Å². The lowest BCUT2D eigenvalue weighted by atomic mass is 10.00. The van der Waals surface area contributed by atoms with Crippen LogP contribution in [0.3, 0.4) is 0 Å². The van der Waals surface area contributed by atoms with E-state index in [1.165, 1.54) is 23.9 Å². The van der Waals surface area contributed by atoms with Crippen molar-refractivity contribution in [2.75, 3.05) is 19.8 Å². The van der Waals surface area contributed by atoms with Crippen molar-refractivity contribution in [3.63, 3.8) is 0 Å². The lowest BCUT2D eigenvalue weighted by Gasteiger charge is -2.20. The Bertz CT molecular complexity index is 1280. The molecule has 1 heterocycles. The molecule has 3 aromatic carbocycles. The van der Waals surface area contributed by atoms with E-state index < -0.39 is 0 Å². The predicted octanol–water partition coefficient (Wildman–Crippen LogP) is 5.15. The number of benzene rings is 3. The zero-order chi connectivity index (χ0) is 24.2. The van der Waals surface area contributed by atoms with Crippen LogP contribution >= 0.6 is 11.8 Å². The first-order valence-electron chi connectivity index (χ1n) is 11.1. The molecule has 0 aliphatic heterocycles. The highest BCUT2D eigenvalue weighted by Crippen LogP contribution is 2.28. The molecule has 0 saturated heterocycles. The molecule has 1 N–H and O–H groups in total. The number of aromatic nitrogens is 3. The van der Waals surface area contributed by atoms with Crippen LogP contribution in [0.15, 0.2) is 71.9 Å². The molecule has 8 heteroatoms. The van der Waals surface area contributed by atoms with Crippen molar-refractivity contribution in [2.24, 2.45) is 0 Å². The Labute approximate surface area is 203 Å². The van der Waals surface area contributed by atoms with Gasteiger partial charge >= 0.3 is 0 Å². The lowest BCUT2D eigenvalue weighted by Crippen LogP contribution is -2.28. The summed E-state index contributed by atoms with van der Waals surface area (Å²) in [5.74, 6) is 0.505. The fraction of sp³-hybridized carbons (Fsp3) is 0.269. The zero-order valence-corrected chi connectivity index (χ0v) is 20.5. The maximum atomic E-state index is 13.5. The number of nitrogens with one attached hydrogen (secondary N) is 1. The maximum absolute atomic E-state index is 13.5. The summed E-state index contributed by atoms with van der Waals surface area (Å²) in [5.41, 5.74) is 1.83. The molecule has 1 aromatic heterocycles. The molecule has 1 amide bonds. The number of thioether (sulfide) groups is 1. The molecule has 0 fully saturated rings. The average molecular weight is 478 g/mol. The fourth-order valence-electron chi connectivity index (χ4n) is 3.83. The van der Waals surface area contributed by atoms with E-state index in [2.05, 4.69) is 33.7 Å². The van der Waals surface area contributed by atoms with Crippen LogP contribution in [0.25, 0.3) is 16.5 Å². The Morgan fingerprint density at radius 3 is 2.47 bits per heavy atom. The third-order valence-electron chi connectivity index (χ3n) is 5.89. The maximum Gasteiger partial charge on any atom is 0.230 e. The first kappa shape index (κ1) is 23.9. The van der Waals surface area contributed by atoms with Crippen LogP contribution in [0, 0.1) is 5.82 Å². The molecule has 0 saturated carbocycles. The van der Waals surface area contributed by atoms with Gasteiger partial charge in [0.1, 0.15) is 5.82 Å². The van der Waals surface area contributed by atoms with Gasteiger partial charge < -0.3 is 5.32 Å². The van der Waals surface area contributed by atoms with Crippen LogP contribution in [0.4, 0.5) is 4.39 Å². The number of carbonyl (C=O) groups excluding carboxylic acids is 1. The van der Waals surface area contributed by atoms with E-state index in [0.717, 1.165) is 27.8 Å². The van der Waals surface area contributed by atoms with Crippen molar-refractivity contribution in [1.29, 1.82) is 0 Å². The van der Waals surface area contributed by atoms with Gasteiger partial charge in [0.2, 0.25) is 5.91 Å². The van der Waals surface area contributed by atoms with Gasteiger partial charge in [0.25, 0.3) is 0 Å². The summed E-state index contributed by atoms with van der Waals surface area (Å²) in [6, 6.07) is 20.3. The highest BCUT2D eigenvalue weighted by molar-refractivity contribution is 7.99. The van der Waals surface area contributed by atoms with Gasteiger partial charge in [0.05, 0.1) is 17.8 Å². The predicted molar refractivity (Wildman–Crippen MR) is 135 cm³/mol. The van der Waals surface area contributed by atoms with Gasteiger partial charge in [-0.25, -0.2) is 4.39 Å². The Morgan fingerprint density at radius 2 is 1.74 bits per heavy atom. The summed E-state index contributed by atoms with van der Waals surface area (Å²) in [6.45, 7) is 4.01. The summed E-state index contributed by atoms with van der Waals surface area (Å²) >= 11 is 1.31. The van der Waals surface area contributed by atoms with Gasteiger partial charge in [-0.15, -0.1) is 10.2 Å². The SMILES string of the molecule is C[C@H](c1nnc(SCC(=O)N[C@H](C)c2cccc3ccccc23)n1-c1ccc(F)cc1)N(C)C. The van der Waals surface area contributed by atoms with Crippen LogP contribution in [0.2, 0.25) is 0 Å². The van der Waals surface area contributed by atoms with Crippen LogP contribution in [-0.4, -0.2) is 45.4 Å². The van der Waals surface area contributed by atoms with Crippen molar-refractivity contribution in [3.05, 3.63) is 83.9 Å². The zero-order valence-electron chi connectivity index (χ0n) is 19.7. The standard InChI is InChI=1S/C26H28FN5OS/c1-17(22-11-7-9-19-8-5-6-10-23(19)22)28-24(33)16-34-26-30-29-25(18(2)31(3)4)32(26)21-14-12-20(27)13-15-21/h5-15,17-18H,16H2,1-4H3,(H,28,33)/t17-,18-/m1/s1. The number of carbonyl (C=O) groups is 1. The fourth-order valence-corrected chi connectivity index (χ4v) is 4.60. The minimum atomic E-state index is -0.310. The normalized spacial score (nSPS) is 13.2. The minimum absolute atomic E-state index is 0.0212. The number of hydrogen-bond donors (Lipinski definition) is 1. The Morgan fingerprint density at radius 1 is 1.03 bits per heavy atom. The molecule has 0 aliphatic rings. The number of amides is 1. The Balaban J connectivity index is 1.51. The second-order valence-corrected chi connectivity index (χ2v) is 9.38. The largest absolute Gasteiger partial charge is 0.349 e. The molecule has 0 spiro atoms. The van der Waals surface area contributed by atoms with Gasteiger partial charge in [-0.1, -0.05) is 54.2 Å². The number of hydrogen-bond acceptors (Lipinski definition) is 5. The molecule has 0 aliphatic carbocycles. The van der Waals surface area contributed by atoms with Crippen molar-refractivity contribution in [2.45, 2.75) is 31.1 Å². The van der Waals surface area contributed by atoms with Crippen LogP contribution < -0.4 is 5.32 Å². The van der Waals surface area contributed by atoms with Gasteiger partial charge in [-0.3, -0.25) is 14.3 Å². The molecule has 0 bridgehead atoms. The van der Waals surface area contributed by atoms with Crippen molar-refractivity contribution < 1.29 is 9.18 Å². The van der Waals surface area contributed by atoms with E-state index in [4.69, 9.17) is 0 Å². The van der Waals surface area contributed by atoms with Crippen LogP contribution in [0.1, 0.15) is 37.3 Å². The topological polar surface area (TPSA) is 63.1 Å². The van der Waals surface area contributed by atoms with E-state index in [-0.39, 0.29) is 29.6 Å². The monoisotopic (exact) mass is 477 g/mol. The quantitative estimate of drug-likeness (QED) is 0.356. The van der Waals surface area contributed by atoms with E-state index in [1.54, 1.807) is 12.1 Å². The molecular weight excluding hydrogens is 449 g/mol. The summed E-state index contributed by atoms with van der Waals surface area (Å²) in [4.78, 5) is 14.9. The molecule has 34 heavy (non-hydrogen) atoms. The molecule has 176 valence electrons. The lowest BCUT2D eigenvalue weighted by molar-refractivity contribution is -0.119. The molecular formula is C26H28FN5OS. The number of nitrogens with zero attached hydrogens (tertiary/aromatic N) is 4. The van der Waals surface area contributed by atoms with E-state index in [0.29, 0.717) is 5.16 Å². The summed E-state index contributed by atoms with van der Waals surface area (Å²) in [7, 11) is 3.92. The highest BCUT2D eigenvalue weighted by atomic mass is 32.2. The number of halogens is 1.